The molecule has 1 unspecified atom stereocenters. The highest BCUT2D eigenvalue weighted by Crippen LogP contribution is 2.19. The molecule has 0 bridgehead atoms. The summed E-state index contributed by atoms with van der Waals surface area (Å²) < 4.78 is 17.7. The van der Waals surface area contributed by atoms with Crippen LogP contribution in [-0.4, -0.2) is 25.5 Å². The monoisotopic (exact) mass is 282 g/mol. The summed E-state index contributed by atoms with van der Waals surface area (Å²) in [6, 6.07) is 3.54. The fourth-order valence-corrected chi connectivity index (χ4v) is 1.61. The topological polar surface area (TPSA) is 81.4 Å². The molecule has 0 aliphatic rings. The van der Waals surface area contributed by atoms with Crippen molar-refractivity contribution in [2.45, 2.75) is 19.8 Å². The van der Waals surface area contributed by atoms with Crippen LogP contribution in [0.4, 0.5) is 10.1 Å². The molecule has 1 aromatic carbocycles. The average Bonchev–Trinajstić information content (AvgIpc) is 2.45. The highest BCUT2D eigenvalue weighted by atomic mass is 19.1. The number of esters is 1. The van der Waals surface area contributed by atoms with Gasteiger partial charge in [0.25, 0.3) is 0 Å². The smallest absolute Gasteiger partial charge is 0.340 e. The lowest BCUT2D eigenvalue weighted by molar-refractivity contribution is -0.116. The second kappa shape index (κ2) is 7.59. The molecule has 110 valence electrons. The first kappa shape index (κ1) is 16.1. The SMILES string of the molecule is COC(=O)c1cc(F)ccc1NC(=O)CCC(C)CN. The van der Waals surface area contributed by atoms with Crippen molar-refractivity contribution >= 4 is 17.6 Å². The summed E-state index contributed by atoms with van der Waals surface area (Å²) in [5, 5.41) is 2.59. The Bertz CT molecular complexity index is 491. The lowest BCUT2D eigenvalue weighted by Crippen LogP contribution is -2.18. The van der Waals surface area contributed by atoms with Crippen molar-refractivity contribution in [3.63, 3.8) is 0 Å². The van der Waals surface area contributed by atoms with Gasteiger partial charge in [0.15, 0.2) is 0 Å². The van der Waals surface area contributed by atoms with E-state index in [4.69, 9.17) is 5.73 Å². The first-order valence-corrected chi connectivity index (χ1v) is 6.35. The minimum Gasteiger partial charge on any atom is -0.465 e. The van der Waals surface area contributed by atoms with Crippen molar-refractivity contribution < 1.29 is 18.7 Å². The summed E-state index contributed by atoms with van der Waals surface area (Å²) in [5.41, 5.74) is 5.71. The molecule has 0 aliphatic carbocycles. The molecular formula is C14H19FN2O3. The Labute approximate surface area is 117 Å². The van der Waals surface area contributed by atoms with Gasteiger partial charge in [-0.1, -0.05) is 6.92 Å². The number of halogens is 1. The van der Waals surface area contributed by atoms with Crippen molar-refractivity contribution in [3.8, 4) is 0 Å². The molecule has 0 spiro atoms. The second-order valence-electron chi connectivity index (χ2n) is 4.61. The molecule has 0 radical (unpaired) electrons. The van der Waals surface area contributed by atoms with E-state index >= 15 is 0 Å². The lowest BCUT2D eigenvalue weighted by Gasteiger charge is -2.11. The molecule has 0 saturated heterocycles. The van der Waals surface area contributed by atoms with Crippen LogP contribution in [0.1, 0.15) is 30.1 Å². The number of nitrogens with one attached hydrogen (secondary N) is 1. The van der Waals surface area contributed by atoms with E-state index in [1.54, 1.807) is 0 Å². The molecule has 3 N–H and O–H groups in total. The van der Waals surface area contributed by atoms with Crippen LogP contribution < -0.4 is 11.1 Å². The van der Waals surface area contributed by atoms with Crippen LogP contribution in [0.25, 0.3) is 0 Å². The number of hydrogen-bond donors (Lipinski definition) is 2. The predicted octanol–water partition coefficient (Wildman–Crippen LogP) is 1.93. The number of amides is 1. The van der Waals surface area contributed by atoms with Crippen LogP contribution in [0.3, 0.4) is 0 Å². The van der Waals surface area contributed by atoms with Crippen LogP contribution in [-0.2, 0) is 9.53 Å². The highest BCUT2D eigenvalue weighted by Gasteiger charge is 2.15. The maximum Gasteiger partial charge on any atom is 0.340 e. The Morgan fingerprint density at radius 2 is 2.15 bits per heavy atom. The average molecular weight is 282 g/mol. The maximum atomic E-state index is 13.1. The van der Waals surface area contributed by atoms with Crippen molar-refractivity contribution in [1.29, 1.82) is 0 Å². The van der Waals surface area contributed by atoms with Crippen LogP contribution in [0.15, 0.2) is 18.2 Å². The normalized spacial score (nSPS) is 11.8. The zero-order valence-corrected chi connectivity index (χ0v) is 11.6. The summed E-state index contributed by atoms with van der Waals surface area (Å²) in [5.74, 6) is -1.27. The van der Waals surface area contributed by atoms with Crippen LogP contribution in [0.2, 0.25) is 0 Å². The number of ether oxygens (including phenoxy) is 1. The minimum atomic E-state index is -0.699. The zero-order chi connectivity index (χ0) is 15.1. The second-order valence-corrected chi connectivity index (χ2v) is 4.61. The summed E-state index contributed by atoms with van der Waals surface area (Å²) in [7, 11) is 1.20. The molecule has 0 aliphatic heterocycles. The molecule has 0 fully saturated rings. The number of hydrogen-bond acceptors (Lipinski definition) is 4. The Morgan fingerprint density at radius 3 is 2.75 bits per heavy atom. The van der Waals surface area contributed by atoms with Gasteiger partial charge in [0.05, 0.1) is 18.4 Å². The van der Waals surface area contributed by atoms with Gasteiger partial charge in [-0.3, -0.25) is 4.79 Å². The van der Waals surface area contributed by atoms with E-state index in [0.717, 1.165) is 6.07 Å². The first-order chi connectivity index (χ1) is 9.47. The number of carbonyl (C=O) groups is 2. The summed E-state index contributed by atoms with van der Waals surface area (Å²) in [4.78, 5) is 23.3. The van der Waals surface area contributed by atoms with Gasteiger partial charge in [-0.2, -0.15) is 0 Å². The van der Waals surface area contributed by atoms with Gasteiger partial charge in [-0.25, -0.2) is 9.18 Å². The van der Waals surface area contributed by atoms with Crippen LogP contribution in [0, 0.1) is 11.7 Å². The van der Waals surface area contributed by atoms with E-state index < -0.39 is 11.8 Å². The lowest BCUT2D eigenvalue weighted by atomic mass is 10.1. The van der Waals surface area contributed by atoms with Gasteiger partial charge >= 0.3 is 5.97 Å². The molecular weight excluding hydrogens is 263 g/mol. The van der Waals surface area contributed by atoms with E-state index in [9.17, 15) is 14.0 Å². The third-order valence-electron chi connectivity index (χ3n) is 2.93. The van der Waals surface area contributed by atoms with Crippen molar-refractivity contribution in [3.05, 3.63) is 29.6 Å². The standard InChI is InChI=1S/C14H19FN2O3/c1-9(8-16)3-6-13(18)17-12-5-4-10(15)7-11(12)14(19)20-2/h4-5,7,9H,3,6,8,16H2,1-2H3,(H,17,18). The molecule has 1 aromatic rings. The number of anilines is 1. The van der Waals surface area contributed by atoms with E-state index in [-0.39, 0.29) is 29.5 Å². The molecule has 5 nitrogen and oxygen atoms in total. The molecule has 0 saturated carbocycles. The minimum absolute atomic E-state index is 0.00674. The van der Waals surface area contributed by atoms with E-state index in [0.29, 0.717) is 13.0 Å². The molecule has 1 atom stereocenters. The molecule has 20 heavy (non-hydrogen) atoms. The first-order valence-electron chi connectivity index (χ1n) is 6.35. The summed E-state index contributed by atoms with van der Waals surface area (Å²) in [6.45, 7) is 2.46. The molecule has 6 heteroatoms. The van der Waals surface area contributed by atoms with Crippen LogP contribution >= 0.6 is 0 Å². The number of rotatable bonds is 6. The summed E-state index contributed by atoms with van der Waals surface area (Å²) >= 11 is 0. The Balaban J connectivity index is 2.76. The Hall–Kier alpha value is -1.95. The molecule has 0 heterocycles. The number of methoxy groups -OCH3 is 1. The van der Waals surface area contributed by atoms with Crippen molar-refractivity contribution in [1.82, 2.24) is 0 Å². The van der Waals surface area contributed by atoms with Gasteiger partial charge in [0, 0.05) is 6.42 Å². The van der Waals surface area contributed by atoms with Crippen LogP contribution in [0.5, 0.6) is 0 Å². The third-order valence-corrected chi connectivity index (χ3v) is 2.93. The van der Waals surface area contributed by atoms with Gasteiger partial charge < -0.3 is 15.8 Å². The Morgan fingerprint density at radius 1 is 1.45 bits per heavy atom. The number of benzene rings is 1. The largest absolute Gasteiger partial charge is 0.465 e. The highest BCUT2D eigenvalue weighted by molar-refractivity contribution is 6.01. The van der Waals surface area contributed by atoms with Gasteiger partial charge in [-0.15, -0.1) is 0 Å². The maximum absolute atomic E-state index is 13.1. The number of nitrogens with two attached hydrogens (primary N) is 1. The molecule has 0 aromatic heterocycles. The molecule has 1 rings (SSSR count). The zero-order valence-electron chi connectivity index (χ0n) is 11.6. The van der Waals surface area contributed by atoms with E-state index in [1.165, 1.54) is 19.2 Å². The molecule has 1 amide bonds. The Kier molecular flexibility index (Phi) is 6.11. The fourth-order valence-electron chi connectivity index (χ4n) is 1.61. The van der Waals surface area contributed by atoms with E-state index in [1.807, 2.05) is 6.92 Å². The third kappa shape index (κ3) is 4.62. The van der Waals surface area contributed by atoms with Crippen molar-refractivity contribution in [2.24, 2.45) is 11.7 Å². The van der Waals surface area contributed by atoms with Gasteiger partial charge in [0.1, 0.15) is 5.82 Å². The number of carbonyl (C=O) groups excluding carboxylic acids is 2. The van der Waals surface area contributed by atoms with Crippen molar-refractivity contribution in [2.75, 3.05) is 19.0 Å². The predicted molar refractivity (Wildman–Crippen MR) is 73.8 cm³/mol. The summed E-state index contributed by atoms with van der Waals surface area (Å²) in [6.07, 6.45) is 0.938. The van der Waals surface area contributed by atoms with Gasteiger partial charge in [0.2, 0.25) is 5.91 Å². The quantitative estimate of drug-likeness (QED) is 0.781. The van der Waals surface area contributed by atoms with Gasteiger partial charge in [-0.05, 0) is 37.1 Å². The van der Waals surface area contributed by atoms with E-state index in [2.05, 4.69) is 10.1 Å². The fraction of sp³-hybridized carbons (Fsp3) is 0.429.